The van der Waals surface area contributed by atoms with Crippen LogP contribution in [0.15, 0.2) is 12.1 Å². The highest BCUT2D eigenvalue weighted by molar-refractivity contribution is 5.45. The predicted octanol–water partition coefficient (Wildman–Crippen LogP) is 5.32. The Balaban J connectivity index is 0.000000704. The third-order valence-electron chi connectivity index (χ3n) is 4.65. The van der Waals surface area contributed by atoms with E-state index in [1.807, 2.05) is 13.8 Å². The molecule has 1 aliphatic carbocycles. The molecule has 1 fully saturated rings. The SMILES string of the molecule is CC.CCC(Cc1cc2c(cc1C)OC(C)C2)C1CC1. The van der Waals surface area contributed by atoms with Crippen molar-refractivity contribution in [3.63, 3.8) is 0 Å². The topological polar surface area (TPSA) is 9.23 Å². The lowest BCUT2D eigenvalue weighted by Crippen LogP contribution is -2.07. The number of ether oxygens (including phenoxy) is 1. The lowest BCUT2D eigenvalue weighted by molar-refractivity contribution is 0.254. The highest BCUT2D eigenvalue weighted by Gasteiger charge is 2.30. The van der Waals surface area contributed by atoms with Crippen LogP contribution in [0.3, 0.4) is 0 Å². The van der Waals surface area contributed by atoms with Crippen LogP contribution in [-0.2, 0) is 12.8 Å². The van der Waals surface area contributed by atoms with Gasteiger partial charge in [0, 0.05) is 6.42 Å². The molecule has 1 saturated carbocycles. The van der Waals surface area contributed by atoms with Gasteiger partial charge < -0.3 is 4.74 Å². The fourth-order valence-corrected chi connectivity index (χ4v) is 3.33. The summed E-state index contributed by atoms with van der Waals surface area (Å²) in [6, 6.07) is 4.67. The maximum atomic E-state index is 5.83. The van der Waals surface area contributed by atoms with E-state index in [9.17, 15) is 0 Å². The predicted molar refractivity (Wildman–Crippen MR) is 86.5 cm³/mol. The van der Waals surface area contributed by atoms with Gasteiger partial charge in [-0.05, 0) is 67.7 Å². The molecule has 1 aliphatic heterocycles. The smallest absolute Gasteiger partial charge is 0.123 e. The van der Waals surface area contributed by atoms with E-state index in [-0.39, 0.29) is 0 Å². The summed E-state index contributed by atoms with van der Waals surface area (Å²) in [7, 11) is 0. The van der Waals surface area contributed by atoms with E-state index in [0.717, 1.165) is 24.0 Å². The van der Waals surface area contributed by atoms with Gasteiger partial charge in [-0.25, -0.2) is 0 Å². The van der Waals surface area contributed by atoms with E-state index in [1.165, 1.54) is 36.8 Å². The van der Waals surface area contributed by atoms with Gasteiger partial charge in [0.25, 0.3) is 0 Å². The van der Waals surface area contributed by atoms with Gasteiger partial charge in [-0.2, -0.15) is 0 Å². The molecule has 0 aromatic heterocycles. The van der Waals surface area contributed by atoms with E-state index < -0.39 is 0 Å². The second-order valence-electron chi connectivity index (χ2n) is 6.23. The number of hydrogen-bond acceptors (Lipinski definition) is 1. The molecule has 3 rings (SSSR count). The van der Waals surface area contributed by atoms with Crippen LogP contribution in [0.5, 0.6) is 5.75 Å². The van der Waals surface area contributed by atoms with Crippen LogP contribution in [0.1, 0.15) is 63.6 Å². The average Bonchev–Trinajstić information content (AvgIpc) is 3.21. The van der Waals surface area contributed by atoms with E-state index >= 15 is 0 Å². The standard InChI is InChI=1S/C17H24O.C2H6/c1-4-13(14-5-6-14)9-15-10-16-8-12(3)18-17(16)7-11(15)2;1-2/h7,10,12-14H,4-6,8-9H2,1-3H3;1-2H3. The lowest BCUT2D eigenvalue weighted by atomic mass is 9.89. The molecule has 20 heavy (non-hydrogen) atoms. The molecule has 112 valence electrons. The lowest BCUT2D eigenvalue weighted by Gasteiger charge is -2.16. The van der Waals surface area contributed by atoms with Crippen LogP contribution in [0, 0.1) is 18.8 Å². The second kappa shape index (κ2) is 6.65. The molecule has 2 unspecified atom stereocenters. The van der Waals surface area contributed by atoms with Crippen molar-refractivity contribution in [2.45, 2.75) is 72.8 Å². The summed E-state index contributed by atoms with van der Waals surface area (Å²) in [6.45, 7) is 10.7. The molecule has 1 aromatic carbocycles. The molecule has 1 heteroatoms. The Hall–Kier alpha value is -0.980. The van der Waals surface area contributed by atoms with Crippen molar-refractivity contribution in [3.8, 4) is 5.75 Å². The first-order chi connectivity index (χ1) is 9.67. The first-order valence-corrected chi connectivity index (χ1v) is 8.46. The highest BCUT2D eigenvalue weighted by Crippen LogP contribution is 2.41. The normalized spacial score (nSPS) is 21.6. The molecule has 2 aliphatic rings. The first-order valence-electron chi connectivity index (χ1n) is 8.46. The van der Waals surface area contributed by atoms with Crippen LogP contribution in [0.2, 0.25) is 0 Å². The Morgan fingerprint density at radius 2 is 1.95 bits per heavy atom. The van der Waals surface area contributed by atoms with Crippen LogP contribution in [0.25, 0.3) is 0 Å². The van der Waals surface area contributed by atoms with Crippen molar-refractivity contribution < 1.29 is 4.74 Å². The van der Waals surface area contributed by atoms with Gasteiger partial charge in [0.05, 0.1) is 0 Å². The molecule has 0 radical (unpaired) electrons. The fourth-order valence-electron chi connectivity index (χ4n) is 3.33. The van der Waals surface area contributed by atoms with Crippen LogP contribution in [0.4, 0.5) is 0 Å². The first kappa shape index (κ1) is 15.4. The van der Waals surface area contributed by atoms with Gasteiger partial charge in [-0.1, -0.05) is 33.3 Å². The van der Waals surface area contributed by atoms with Gasteiger partial charge in [-0.15, -0.1) is 0 Å². The minimum atomic E-state index is 0.361. The molecular weight excluding hydrogens is 244 g/mol. The maximum Gasteiger partial charge on any atom is 0.123 e. The molecule has 1 heterocycles. The van der Waals surface area contributed by atoms with Gasteiger partial charge >= 0.3 is 0 Å². The number of hydrogen-bond donors (Lipinski definition) is 0. The van der Waals surface area contributed by atoms with Crippen molar-refractivity contribution in [1.29, 1.82) is 0 Å². The second-order valence-corrected chi connectivity index (χ2v) is 6.23. The summed E-state index contributed by atoms with van der Waals surface area (Å²) < 4.78 is 5.83. The van der Waals surface area contributed by atoms with Gasteiger partial charge in [0.2, 0.25) is 0 Å². The van der Waals surface area contributed by atoms with Crippen LogP contribution < -0.4 is 4.74 Å². The van der Waals surface area contributed by atoms with E-state index in [0.29, 0.717) is 6.10 Å². The van der Waals surface area contributed by atoms with Gasteiger partial charge in [0.15, 0.2) is 0 Å². The molecule has 0 saturated heterocycles. The van der Waals surface area contributed by atoms with Gasteiger partial charge in [0.1, 0.15) is 11.9 Å². The van der Waals surface area contributed by atoms with Gasteiger partial charge in [-0.3, -0.25) is 0 Å². The Bertz CT molecular complexity index is 445. The fraction of sp³-hybridized carbons (Fsp3) is 0.684. The number of benzene rings is 1. The van der Waals surface area contributed by atoms with Crippen LogP contribution in [-0.4, -0.2) is 6.10 Å². The summed E-state index contributed by atoms with van der Waals surface area (Å²) in [5, 5.41) is 0. The Morgan fingerprint density at radius 3 is 2.55 bits per heavy atom. The summed E-state index contributed by atoms with van der Waals surface area (Å²) in [6.07, 6.45) is 6.97. The maximum absolute atomic E-state index is 5.83. The van der Waals surface area contributed by atoms with Crippen molar-refractivity contribution in [2.24, 2.45) is 11.8 Å². The molecule has 0 spiro atoms. The average molecular weight is 274 g/mol. The highest BCUT2D eigenvalue weighted by atomic mass is 16.5. The third-order valence-corrected chi connectivity index (χ3v) is 4.65. The molecule has 0 amide bonds. The molecule has 0 N–H and O–H groups in total. The number of fused-ring (bicyclic) bond motifs is 1. The summed E-state index contributed by atoms with van der Waals surface area (Å²) in [5.74, 6) is 3.04. The third kappa shape index (κ3) is 3.37. The van der Waals surface area contributed by atoms with Crippen LogP contribution >= 0.6 is 0 Å². The molecule has 0 bridgehead atoms. The molecule has 2 atom stereocenters. The minimum absolute atomic E-state index is 0.361. The number of aryl methyl sites for hydroxylation is 1. The molecule has 1 aromatic rings. The quantitative estimate of drug-likeness (QED) is 0.721. The van der Waals surface area contributed by atoms with Crippen molar-refractivity contribution in [3.05, 3.63) is 28.8 Å². The Morgan fingerprint density at radius 1 is 1.25 bits per heavy atom. The number of rotatable bonds is 4. The van der Waals surface area contributed by atoms with Crippen molar-refractivity contribution >= 4 is 0 Å². The molecular formula is C19H30O. The largest absolute Gasteiger partial charge is 0.490 e. The monoisotopic (exact) mass is 274 g/mol. The van der Waals surface area contributed by atoms with Crippen molar-refractivity contribution in [2.75, 3.05) is 0 Å². The summed E-state index contributed by atoms with van der Waals surface area (Å²) >= 11 is 0. The summed E-state index contributed by atoms with van der Waals surface area (Å²) in [5.41, 5.74) is 4.40. The zero-order valence-corrected chi connectivity index (χ0v) is 13.8. The molecule has 1 nitrogen and oxygen atoms in total. The Kier molecular flexibility index (Phi) is 5.12. The van der Waals surface area contributed by atoms with E-state index in [2.05, 4.69) is 32.9 Å². The van der Waals surface area contributed by atoms with Crippen molar-refractivity contribution in [1.82, 2.24) is 0 Å². The zero-order chi connectivity index (χ0) is 14.7. The summed E-state index contributed by atoms with van der Waals surface area (Å²) in [4.78, 5) is 0. The zero-order valence-electron chi connectivity index (χ0n) is 13.8. The van der Waals surface area contributed by atoms with E-state index in [4.69, 9.17) is 4.74 Å². The van der Waals surface area contributed by atoms with E-state index in [1.54, 1.807) is 5.56 Å². The Labute approximate surface area is 124 Å². The minimum Gasteiger partial charge on any atom is -0.490 e.